The highest BCUT2D eigenvalue weighted by molar-refractivity contribution is 5.92. The number of alkyl halides is 3. The van der Waals surface area contributed by atoms with E-state index in [0.717, 1.165) is 5.39 Å². The zero-order chi connectivity index (χ0) is 13.0. The van der Waals surface area contributed by atoms with Crippen molar-refractivity contribution in [1.82, 2.24) is 0 Å². The fourth-order valence-corrected chi connectivity index (χ4v) is 2.29. The smallest absolute Gasteiger partial charge is 0.442 e. The van der Waals surface area contributed by atoms with Gasteiger partial charge in [-0.05, 0) is 17.0 Å². The lowest BCUT2D eigenvalue weighted by Crippen LogP contribution is -2.60. The van der Waals surface area contributed by atoms with Crippen molar-refractivity contribution >= 4 is 10.8 Å². The summed E-state index contributed by atoms with van der Waals surface area (Å²) in [7, 11) is 0. The van der Waals surface area contributed by atoms with Crippen molar-refractivity contribution in [2.45, 2.75) is 18.3 Å². The molecule has 1 heterocycles. The van der Waals surface area contributed by atoms with Crippen LogP contribution in [0, 0.1) is 0 Å². The largest absolute Gasteiger partial charge is 0.462 e. The minimum absolute atomic E-state index is 0.189. The van der Waals surface area contributed by atoms with Crippen molar-refractivity contribution in [1.29, 1.82) is 0 Å². The summed E-state index contributed by atoms with van der Waals surface area (Å²) < 4.78 is 43.9. The molecule has 3 rings (SSSR count). The van der Waals surface area contributed by atoms with Crippen molar-refractivity contribution in [3.05, 3.63) is 42.0 Å². The molecule has 1 aliphatic heterocycles. The van der Waals surface area contributed by atoms with Gasteiger partial charge >= 0.3 is 6.18 Å². The Morgan fingerprint density at radius 3 is 2.44 bits per heavy atom. The highest BCUT2D eigenvalue weighted by Crippen LogP contribution is 2.42. The second-order valence-electron chi connectivity index (χ2n) is 4.44. The Kier molecular flexibility index (Phi) is 2.13. The Hall–Kier alpha value is -1.75. The van der Waals surface area contributed by atoms with Gasteiger partial charge in [0.15, 0.2) is 0 Å². The van der Waals surface area contributed by atoms with E-state index in [0.29, 0.717) is 10.9 Å². The van der Waals surface area contributed by atoms with Crippen LogP contribution >= 0.6 is 0 Å². The highest BCUT2D eigenvalue weighted by Gasteiger charge is 2.56. The van der Waals surface area contributed by atoms with Gasteiger partial charge in [-0.3, -0.25) is 5.73 Å². The lowest BCUT2D eigenvalue weighted by atomic mass is 9.93. The number of halogens is 3. The number of rotatable bonds is 0. The predicted octanol–water partition coefficient (Wildman–Crippen LogP) is 2.99. The van der Waals surface area contributed by atoms with Crippen LogP contribution < -0.4 is 10.5 Å². The Morgan fingerprint density at radius 1 is 1.11 bits per heavy atom. The van der Waals surface area contributed by atoms with Crippen LogP contribution in [0.25, 0.3) is 10.8 Å². The van der Waals surface area contributed by atoms with Gasteiger partial charge in [-0.1, -0.05) is 30.3 Å². The first-order chi connectivity index (χ1) is 8.41. The van der Waals surface area contributed by atoms with Crippen LogP contribution in [0.5, 0.6) is 5.75 Å². The molecule has 2 aromatic rings. The van der Waals surface area contributed by atoms with E-state index < -0.39 is 11.9 Å². The fraction of sp³-hybridized carbons (Fsp3) is 0.231. The zero-order valence-corrected chi connectivity index (χ0v) is 9.29. The maximum absolute atomic E-state index is 13.0. The molecule has 0 fully saturated rings. The Morgan fingerprint density at radius 2 is 1.78 bits per heavy atom. The van der Waals surface area contributed by atoms with Gasteiger partial charge in [0.25, 0.3) is 5.72 Å². The second-order valence-corrected chi connectivity index (χ2v) is 4.44. The van der Waals surface area contributed by atoms with Gasteiger partial charge in [0.2, 0.25) is 0 Å². The molecule has 0 bridgehead atoms. The van der Waals surface area contributed by atoms with E-state index in [1.165, 1.54) is 6.07 Å². The van der Waals surface area contributed by atoms with Gasteiger partial charge < -0.3 is 4.74 Å². The standard InChI is InChI=1S/C13H10F3NO/c14-13(15,16)12(17)7-9-5-1-3-8-4-2-6-10(18-12)11(8)9/h1-6H,7,17H2. The Balaban J connectivity index is 2.23. The molecule has 0 aliphatic carbocycles. The molecule has 1 aliphatic rings. The van der Waals surface area contributed by atoms with Crippen LogP contribution in [-0.4, -0.2) is 11.9 Å². The average Bonchev–Trinajstić information content (AvgIpc) is 2.27. The van der Waals surface area contributed by atoms with Crippen LogP contribution in [0.2, 0.25) is 0 Å². The van der Waals surface area contributed by atoms with E-state index in [9.17, 15) is 13.2 Å². The van der Waals surface area contributed by atoms with Crippen molar-refractivity contribution in [3.63, 3.8) is 0 Å². The molecule has 0 saturated heterocycles. The van der Waals surface area contributed by atoms with Crippen molar-refractivity contribution in [2.24, 2.45) is 5.73 Å². The summed E-state index contributed by atoms with van der Waals surface area (Å²) in [5.41, 5.74) is 3.30. The van der Waals surface area contributed by atoms with E-state index in [1.807, 2.05) is 12.1 Å². The molecule has 0 radical (unpaired) electrons. The summed E-state index contributed by atoms with van der Waals surface area (Å²) in [5.74, 6) is 0.189. The van der Waals surface area contributed by atoms with Gasteiger partial charge in [0.1, 0.15) is 5.75 Å². The molecule has 0 saturated carbocycles. The molecular formula is C13H10F3NO. The minimum Gasteiger partial charge on any atom is -0.462 e. The molecule has 5 heteroatoms. The van der Waals surface area contributed by atoms with Crippen LogP contribution in [0.3, 0.4) is 0 Å². The molecule has 18 heavy (non-hydrogen) atoms. The van der Waals surface area contributed by atoms with Crippen molar-refractivity contribution in [2.75, 3.05) is 0 Å². The minimum atomic E-state index is -4.61. The first-order valence-corrected chi connectivity index (χ1v) is 5.46. The topological polar surface area (TPSA) is 35.2 Å². The number of hydrogen-bond acceptors (Lipinski definition) is 2. The third-order valence-electron chi connectivity index (χ3n) is 3.18. The van der Waals surface area contributed by atoms with E-state index in [4.69, 9.17) is 10.5 Å². The SMILES string of the molecule is NC1(C(F)(F)F)Cc2cccc3cccc(c23)O1. The first-order valence-electron chi connectivity index (χ1n) is 5.46. The number of benzene rings is 2. The van der Waals surface area contributed by atoms with Gasteiger partial charge in [-0.25, -0.2) is 0 Å². The molecule has 2 N–H and O–H groups in total. The number of hydrogen-bond donors (Lipinski definition) is 1. The maximum Gasteiger partial charge on any atom is 0.442 e. The fourth-order valence-electron chi connectivity index (χ4n) is 2.29. The summed E-state index contributed by atoms with van der Waals surface area (Å²) in [5, 5.41) is 1.57. The van der Waals surface area contributed by atoms with Crippen LogP contribution in [0.4, 0.5) is 13.2 Å². The molecule has 2 aromatic carbocycles. The van der Waals surface area contributed by atoms with Gasteiger partial charge in [0, 0.05) is 11.8 Å². The predicted molar refractivity (Wildman–Crippen MR) is 61.3 cm³/mol. The van der Waals surface area contributed by atoms with Crippen LogP contribution in [-0.2, 0) is 6.42 Å². The third kappa shape index (κ3) is 1.47. The van der Waals surface area contributed by atoms with Crippen molar-refractivity contribution < 1.29 is 17.9 Å². The average molecular weight is 253 g/mol. The second kappa shape index (κ2) is 3.38. The van der Waals surface area contributed by atoms with Gasteiger partial charge in [-0.2, -0.15) is 13.2 Å². The van der Waals surface area contributed by atoms with Crippen molar-refractivity contribution in [3.8, 4) is 5.75 Å². The molecular weight excluding hydrogens is 243 g/mol. The molecule has 0 aromatic heterocycles. The number of ether oxygens (including phenoxy) is 1. The summed E-state index contributed by atoms with van der Waals surface area (Å²) in [6.07, 6.45) is -4.98. The monoisotopic (exact) mass is 253 g/mol. The normalized spacial score (nSPS) is 22.9. The van der Waals surface area contributed by atoms with E-state index in [2.05, 4.69) is 0 Å². The summed E-state index contributed by atoms with van der Waals surface area (Å²) in [6, 6.07) is 10.2. The summed E-state index contributed by atoms with van der Waals surface area (Å²) >= 11 is 0. The lowest BCUT2D eigenvalue weighted by molar-refractivity contribution is -0.247. The van der Waals surface area contributed by atoms with Crippen LogP contribution in [0.15, 0.2) is 36.4 Å². The Bertz CT molecular complexity index is 580. The molecule has 1 atom stereocenters. The van der Waals surface area contributed by atoms with E-state index in [-0.39, 0.29) is 12.2 Å². The van der Waals surface area contributed by atoms with Gasteiger partial charge in [0.05, 0.1) is 0 Å². The van der Waals surface area contributed by atoms with Gasteiger partial charge in [-0.15, -0.1) is 0 Å². The van der Waals surface area contributed by atoms with Crippen LogP contribution in [0.1, 0.15) is 5.56 Å². The molecule has 2 nitrogen and oxygen atoms in total. The highest BCUT2D eigenvalue weighted by atomic mass is 19.4. The quantitative estimate of drug-likeness (QED) is 0.783. The summed E-state index contributed by atoms with van der Waals surface area (Å²) in [6.45, 7) is 0. The molecule has 1 unspecified atom stereocenters. The lowest BCUT2D eigenvalue weighted by Gasteiger charge is -2.36. The third-order valence-corrected chi connectivity index (χ3v) is 3.18. The first kappa shape index (κ1) is 11.3. The molecule has 94 valence electrons. The molecule has 0 amide bonds. The number of nitrogens with two attached hydrogens (primary N) is 1. The zero-order valence-electron chi connectivity index (χ0n) is 9.29. The maximum atomic E-state index is 13.0. The van der Waals surface area contributed by atoms with E-state index >= 15 is 0 Å². The van der Waals surface area contributed by atoms with E-state index in [1.54, 1.807) is 18.2 Å². The summed E-state index contributed by atoms with van der Waals surface area (Å²) in [4.78, 5) is 0. The molecule has 0 spiro atoms. The Labute approximate surface area is 101 Å².